The minimum Gasteiger partial charge on any atom is -0.493 e. The molecule has 1 saturated heterocycles. The third kappa shape index (κ3) is 8.32. The Labute approximate surface area is 162 Å². The van der Waals surface area contributed by atoms with Crippen LogP contribution in [0.3, 0.4) is 0 Å². The molecule has 1 aromatic carbocycles. The fourth-order valence-electron chi connectivity index (χ4n) is 2.70. The number of aliphatic hydroxyl groups excluding tert-OH is 1. The van der Waals surface area contributed by atoms with Crippen LogP contribution in [0.5, 0.6) is 11.5 Å². The number of piperazine rings is 1. The van der Waals surface area contributed by atoms with Crippen LogP contribution in [0.4, 0.5) is 13.2 Å². The molecule has 0 amide bonds. The monoisotopic (exact) mass is 408 g/mol. The number of likely N-dealkylation sites (N-methyl/N-ethyl adjacent to an activating group) is 1. The fourth-order valence-corrected chi connectivity index (χ4v) is 2.70. The van der Waals surface area contributed by atoms with E-state index in [0.29, 0.717) is 12.6 Å². The molecule has 1 aromatic rings. The van der Waals surface area contributed by atoms with E-state index in [9.17, 15) is 13.2 Å². The minimum absolute atomic E-state index is 0.251. The fraction of sp³-hybridized carbons (Fsp3) is 0.611. The molecule has 0 saturated carbocycles. The largest absolute Gasteiger partial charge is 0.493 e. The highest BCUT2D eigenvalue weighted by atomic mass is 19.4. The predicted octanol–water partition coefficient (Wildman–Crippen LogP) is 1.71. The molecule has 0 radical (unpaired) electrons. The summed E-state index contributed by atoms with van der Waals surface area (Å²) in [5.74, 6) is -1.19. The first-order valence-electron chi connectivity index (χ1n) is 8.78. The van der Waals surface area contributed by atoms with Crippen molar-refractivity contribution in [3.8, 4) is 11.5 Å². The van der Waals surface area contributed by atoms with Gasteiger partial charge in [-0.15, -0.1) is 0 Å². The van der Waals surface area contributed by atoms with Crippen LogP contribution in [0.1, 0.15) is 6.42 Å². The molecule has 7 nitrogen and oxygen atoms in total. The van der Waals surface area contributed by atoms with Crippen molar-refractivity contribution in [1.29, 1.82) is 0 Å². The van der Waals surface area contributed by atoms with E-state index in [1.807, 2.05) is 24.3 Å². The van der Waals surface area contributed by atoms with Crippen molar-refractivity contribution in [2.75, 3.05) is 53.6 Å². The Morgan fingerprint density at radius 2 is 1.86 bits per heavy atom. The van der Waals surface area contributed by atoms with Gasteiger partial charge in [-0.1, -0.05) is 12.1 Å². The molecule has 1 unspecified atom stereocenters. The third-order valence-electron chi connectivity index (χ3n) is 4.30. The summed E-state index contributed by atoms with van der Waals surface area (Å²) in [7, 11) is 3.78. The Morgan fingerprint density at radius 1 is 1.25 bits per heavy atom. The summed E-state index contributed by atoms with van der Waals surface area (Å²) in [5.41, 5.74) is 0. The summed E-state index contributed by atoms with van der Waals surface area (Å²) in [4.78, 5) is 13.6. The van der Waals surface area contributed by atoms with E-state index >= 15 is 0 Å². The molecule has 0 aromatic heterocycles. The molecule has 0 bridgehead atoms. The summed E-state index contributed by atoms with van der Waals surface area (Å²) in [6, 6.07) is 8.16. The molecule has 10 heteroatoms. The quantitative estimate of drug-likeness (QED) is 0.711. The zero-order valence-electron chi connectivity index (χ0n) is 16.0. The van der Waals surface area contributed by atoms with Crippen LogP contribution in [0.25, 0.3) is 0 Å². The standard InChI is InChI=1S/C16H26N2O3.C2HF3O2/c1-17-8-9-18(13-14(17)7-11-19)10-12-21-16-6-4-3-5-15(16)20-2;3-2(4,5)1(6)7/h3-6,14,19H,7-13H2,1-2H3;(H,6,7). The van der Waals surface area contributed by atoms with Gasteiger partial charge in [-0.2, -0.15) is 13.2 Å². The Hall–Kier alpha value is -2.04. The Bertz CT molecular complexity index is 601. The molecule has 28 heavy (non-hydrogen) atoms. The molecule has 1 atom stereocenters. The van der Waals surface area contributed by atoms with Crippen LogP contribution < -0.4 is 9.47 Å². The van der Waals surface area contributed by atoms with E-state index in [0.717, 1.165) is 44.1 Å². The number of para-hydroxylation sites is 2. The number of carboxylic acid groups (broad SMARTS) is 1. The highest BCUT2D eigenvalue weighted by Crippen LogP contribution is 2.25. The van der Waals surface area contributed by atoms with Crippen molar-refractivity contribution < 1.29 is 37.7 Å². The lowest BCUT2D eigenvalue weighted by molar-refractivity contribution is -0.192. The van der Waals surface area contributed by atoms with Crippen molar-refractivity contribution in [1.82, 2.24) is 9.80 Å². The number of nitrogens with zero attached hydrogens (tertiary/aromatic N) is 2. The lowest BCUT2D eigenvalue weighted by Crippen LogP contribution is -2.52. The number of benzene rings is 1. The lowest BCUT2D eigenvalue weighted by Gasteiger charge is -2.39. The van der Waals surface area contributed by atoms with Crippen LogP contribution >= 0.6 is 0 Å². The van der Waals surface area contributed by atoms with Crippen LogP contribution in [0, 0.1) is 0 Å². The second kappa shape index (κ2) is 11.7. The molecule has 2 rings (SSSR count). The lowest BCUT2D eigenvalue weighted by atomic mass is 10.1. The second-order valence-corrected chi connectivity index (χ2v) is 6.25. The first-order valence-corrected chi connectivity index (χ1v) is 8.78. The Balaban J connectivity index is 0.000000480. The average Bonchev–Trinajstić information content (AvgIpc) is 2.64. The van der Waals surface area contributed by atoms with E-state index in [1.54, 1.807) is 7.11 Å². The first kappa shape index (κ1) is 24.0. The van der Waals surface area contributed by atoms with E-state index in [1.165, 1.54) is 0 Å². The number of aliphatic carboxylic acids is 1. The minimum atomic E-state index is -5.08. The molecule has 1 heterocycles. The molecular weight excluding hydrogens is 381 g/mol. The molecule has 160 valence electrons. The third-order valence-corrected chi connectivity index (χ3v) is 4.30. The predicted molar refractivity (Wildman–Crippen MR) is 96.7 cm³/mol. The number of alkyl halides is 3. The van der Waals surface area contributed by atoms with E-state index in [-0.39, 0.29) is 6.61 Å². The highest BCUT2D eigenvalue weighted by molar-refractivity contribution is 5.73. The van der Waals surface area contributed by atoms with Crippen molar-refractivity contribution in [3.63, 3.8) is 0 Å². The van der Waals surface area contributed by atoms with E-state index in [4.69, 9.17) is 24.5 Å². The molecule has 1 aliphatic heterocycles. The number of rotatable bonds is 7. The summed E-state index contributed by atoms with van der Waals surface area (Å²) in [6.07, 6.45) is -4.25. The number of carbonyl (C=O) groups is 1. The number of hydrogen-bond acceptors (Lipinski definition) is 6. The number of methoxy groups -OCH3 is 1. The molecular formula is C18H27F3N2O5. The maximum absolute atomic E-state index is 10.6. The van der Waals surface area contributed by atoms with Crippen molar-refractivity contribution in [3.05, 3.63) is 24.3 Å². The van der Waals surface area contributed by atoms with Crippen LogP contribution in [-0.4, -0.2) is 91.8 Å². The van der Waals surface area contributed by atoms with Gasteiger partial charge in [-0.05, 0) is 25.6 Å². The number of ether oxygens (including phenoxy) is 2. The first-order chi connectivity index (χ1) is 13.2. The average molecular weight is 408 g/mol. The van der Waals surface area contributed by atoms with E-state index in [2.05, 4.69) is 16.8 Å². The van der Waals surface area contributed by atoms with Crippen LogP contribution in [0.2, 0.25) is 0 Å². The van der Waals surface area contributed by atoms with Gasteiger partial charge in [0, 0.05) is 38.8 Å². The van der Waals surface area contributed by atoms with Gasteiger partial charge >= 0.3 is 12.1 Å². The Morgan fingerprint density at radius 3 is 2.39 bits per heavy atom. The number of carboxylic acids is 1. The second-order valence-electron chi connectivity index (χ2n) is 6.25. The maximum Gasteiger partial charge on any atom is 0.490 e. The summed E-state index contributed by atoms with van der Waals surface area (Å²) >= 11 is 0. The SMILES string of the molecule is COc1ccccc1OCCN1CCN(C)C(CCO)C1.O=C(O)C(F)(F)F. The molecule has 0 aliphatic carbocycles. The van der Waals surface area contributed by atoms with Gasteiger partial charge in [-0.3, -0.25) is 4.90 Å². The van der Waals surface area contributed by atoms with Gasteiger partial charge in [0.15, 0.2) is 11.5 Å². The van der Waals surface area contributed by atoms with Gasteiger partial charge in [-0.25, -0.2) is 4.79 Å². The van der Waals surface area contributed by atoms with E-state index < -0.39 is 12.1 Å². The topological polar surface area (TPSA) is 82.5 Å². The van der Waals surface area contributed by atoms with Crippen LogP contribution in [0.15, 0.2) is 24.3 Å². The Kier molecular flexibility index (Phi) is 10.0. The smallest absolute Gasteiger partial charge is 0.490 e. The van der Waals surface area contributed by atoms with Crippen LogP contribution in [-0.2, 0) is 4.79 Å². The van der Waals surface area contributed by atoms with Crippen molar-refractivity contribution in [2.45, 2.75) is 18.6 Å². The zero-order valence-corrected chi connectivity index (χ0v) is 16.0. The zero-order chi connectivity index (χ0) is 21.2. The van der Waals surface area contributed by atoms with Gasteiger partial charge in [0.2, 0.25) is 0 Å². The summed E-state index contributed by atoms with van der Waals surface area (Å²) < 4.78 is 42.8. The van der Waals surface area contributed by atoms with Crippen molar-refractivity contribution >= 4 is 5.97 Å². The number of halogens is 3. The van der Waals surface area contributed by atoms with Gasteiger partial charge in [0.05, 0.1) is 7.11 Å². The number of hydrogen-bond donors (Lipinski definition) is 2. The van der Waals surface area contributed by atoms with Gasteiger partial charge < -0.3 is 24.6 Å². The summed E-state index contributed by atoms with van der Waals surface area (Å²) in [5, 5.41) is 16.2. The molecule has 1 aliphatic rings. The van der Waals surface area contributed by atoms with Gasteiger partial charge in [0.25, 0.3) is 0 Å². The maximum atomic E-state index is 10.6. The van der Waals surface area contributed by atoms with Gasteiger partial charge in [0.1, 0.15) is 6.61 Å². The summed E-state index contributed by atoms with van der Waals surface area (Å²) in [6.45, 7) is 4.88. The molecule has 0 spiro atoms. The van der Waals surface area contributed by atoms with Crippen molar-refractivity contribution in [2.24, 2.45) is 0 Å². The molecule has 1 fully saturated rings. The molecule has 2 N–H and O–H groups in total. The number of aliphatic hydroxyl groups is 1. The normalized spacial score (nSPS) is 18.1. The highest BCUT2D eigenvalue weighted by Gasteiger charge is 2.38.